The fourth-order valence-electron chi connectivity index (χ4n) is 3.02. The van der Waals surface area contributed by atoms with Crippen LogP contribution < -0.4 is 16.0 Å². The summed E-state index contributed by atoms with van der Waals surface area (Å²) in [5.74, 6) is 0.133. The van der Waals surface area contributed by atoms with Gasteiger partial charge in [-0.3, -0.25) is 9.48 Å². The van der Waals surface area contributed by atoms with Gasteiger partial charge in [0.15, 0.2) is 0 Å². The van der Waals surface area contributed by atoms with Gasteiger partial charge in [0, 0.05) is 36.4 Å². The Morgan fingerprint density at radius 3 is 2.62 bits per heavy atom. The number of hydrogen-bond acceptors (Lipinski definition) is 6. The predicted octanol–water partition coefficient (Wildman–Crippen LogP) is 4.63. The molecular weight excluding hydrogens is 409 g/mol. The summed E-state index contributed by atoms with van der Waals surface area (Å²) < 4.78 is 15.5. The summed E-state index contributed by atoms with van der Waals surface area (Å²) in [7, 11) is 1.81. The highest BCUT2D eigenvalue weighted by atomic mass is 19.1. The Morgan fingerprint density at radius 2 is 1.88 bits per heavy atom. The first-order valence-corrected chi connectivity index (χ1v) is 9.69. The first-order valence-electron chi connectivity index (χ1n) is 9.69. The van der Waals surface area contributed by atoms with E-state index in [0.717, 1.165) is 5.69 Å². The standard InChI is InChI=1S/C23H20FN7O/c1-3-21(32)27-17-8-5-9-18(11-17)28-22-20(15-6-4-7-16(24)10-15)13-25-23(30-22)29-19-12-26-31(2)14-19/h3-14H,1H2,2H3,(H,27,32)(H2,25,28,29,30). The van der Waals surface area contributed by atoms with Gasteiger partial charge in [0.25, 0.3) is 0 Å². The van der Waals surface area contributed by atoms with Gasteiger partial charge in [-0.15, -0.1) is 0 Å². The molecule has 0 atom stereocenters. The molecule has 4 aromatic rings. The maximum absolute atomic E-state index is 13.9. The Balaban J connectivity index is 1.70. The molecule has 0 radical (unpaired) electrons. The van der Waals surface area contributed by atoms with Gasteiger partial charge in [0.2, 0.25) is 11.9 Å². The predicted molar refractivity (Wildman–Crippen MR) is 122 cm³/mol. The largest absolute Gasteiger partial charge is 0.339 e. The molecule has 0 aliphatic carbocycles. The molecule has 4 rings (SSSR count). The van der Waals surface area contributed by atoms with Crippen molar-refractivity contribution in [3.05, 3.63) is 85.6 Å². The average molecular weight is 429 g/mol. The highest BCUT2D eigenvalue weighted by molar-refractivity contribution is 5.99. The maximum Gasteiger partial charge on any atom is 0.247 e. The first-order chi connectivity index (χ1) is 15.5. The number of aryl methyl sites for hydroxylation is 1. The number of rotatable bonds is 7. The smallest absolute Gasteiger partial charge is 0.247 e. The van der Waals surface area contributed by atoms with Crippen LogP contribution in [0.3, 0.4) is 0 Å². The Kier molecular flexibility index (Phi) is 5.89. The molecule has 8 nitrogen and oxygen atoms in total. The summed E-state index contributed by atoms with van der Waals surface area (Å²) in [4.78, 5) is 20.6. The average Bonchev–Trinajstić information content (AvgIpc) is 3.18. The fraction of sp³-hybridized carbons (Fsp3) is 0.0435. The third-order valence-electron chi connectivity index (χ3n) is 4.46. The second-order valence-corrected chi connectivity index (χ2v) is 6.89. The Bertz CT molecular complexity index is 1280. The Labute approximate surface area is 183 Å². The minimum Gasteiger partial charge on any atom is -0.339 e. The Hall–Kier alpha value is -4.53. The van der Waals surface area contributed by atoms with Crippen molar-refractivity contribution in [2.45, 2.75) is 0 Å². The lowest BCUT2D eigenvalue weighted by atomic mass is 10.1. The highest BCUT2D eigenvalue weighted by Gasteiger charge is 2.12. The normalized spacial score (nSPS) is 10.4. The molecule has 2 aromatic carbocycles. The van der Waals surface area contributed by atoms with Crippen molar-refractivity contribution in [2.24, 2.45) is 7.05 Å². The van der Waals surface area contributed by atoms with Crippen LogP contribution in [0.1, 0.15) is 0 Å². The summed E-state index contributed by atoms with van der Waals surface area (Å²) in [5, 5.41) is 13.2. The minimum absolute atomic E-state index is 0.312. The molecule has 0 saturated heterocycles. The molecule has 2 heterocycles. The maximum atomic E-state index is 13.9. The summed E-state index contributed by atoms with van der Waals surface area (Å²) in [6.07, 6.45) is 6.26. The van der Waals surface area contributed by atoms with E-state index in [0.29, 0.717) is 34.3 Å². The van der Waals surface area contributed by atoms with Crippen LogP contribution in [0.25, 0.3) is 11.1 Å². The van der Waals surface area contributed by atoms with Crippen LogP contribution >= 0.6 is 0 Å². The molecule has 160 valence electrons. The van der Waals surface area contributed by atoms with Crippen molar-refractivity contribution in [3.63, 3.8) is 0 Å². The van der Waals surface area contributed by atoms with E-state index in [9.17, 15) is 9.18 Å². The SMILES string of the molecule is C=CC(=O)Nc1cccc(Nc2nc(Nc3cnn(C)c3)ncc2-c2cccc(F)c2)c1. The summed E-state index contributed by atoms with van der Waals surface area (Å²) >= 11 is 0. The topological polar surface area (TPSA) is 96.8 Å². The highest BCUT2D eigenvalue weighted by Crippen LogP contribution is 2.30. The number of benzene rings is 2. The van der Waals surface area contributed by atoms with Crippen molar-refractivity contribution in [1.82, 2.24) is 19.7 Å². The van der Waals surface area contributed by atoms with Gasteiger partial charge in [-0.25, -0.2) is 9.37 Å². The number of aromatic nitrogens is 4. The molecule has 3 N–H and O–H groups in total. The molecule has 32 heavy (non-hydrogen) atoms. The quantitative estimate of drug-likeness (QED) is 0.371. The van der Waals surface area contributed by atoms with Crippen LogP contribution in [0.15, 0.2) is 79.8 Å². The zero-order valence-electron chi connectivity index (χ0n) is 17.2. The number of carbonyl (C=O) groups is 1. The van der Waals surface area contributed by atoms with Crippen LogP contribution in [0.5, 0.6) is 0 Å². The van der Waals surface area contributed by atoms with Gasteiger partial charge < -0.3 is 16.0 Å². The van der Waals surface area contributed by atoms with Crippen molar-refractivity contribution in [2.75, 3.05) is 16.0 Å². The lowest BCUT2D eigenvalue weighted by molar-refractivity contribution is -0.111. The number of hydrogen-bond donors (Lipinski definition) is 3. The Morgan fingerprint density at radius 1 is 1.06 bits per heavy atom. The third-order valence-corrected chi connectivity index (χ3v) is 4.46. The fourth-order valence-corrected chi connectivity index (χ4v) is 3.02. The van der Waals surface area contributed by atoms with Gasteiger partial charge in [-0.1, -0.05) is 24.8 Å². The van der Waals surface area contributed by atoms with E-state index in [1.54, 1.807) is 53.6 Å². The van der Waals surface area contributed by atoms with Gasteiger partial charge in [0.05, 0.1) is 11.9 Å². The lowest BCUT2D eigenvalue weighted by Gasteiger charge is -2.14. The van der Waals surface area contributed by atoms with E-state index in [2.05, 4.69) is 37.6 Å². The van der Waals surface area contributed by atoms with Gasteiger partial charge >= 0.3 is 0 Å². The zero-order chi connectivity index (χ0) is 22.5. The molecule has 0 aliphatic rings. The third kappa shape index (κ3) is 4.96. The van der Waals surface area contributed by atoms with E-state index in [1.807, 2.05) is 13.1 Å². The first kappa shape index (κ1) is 20.7. The minimum atomic E-state index is -0.361. The summed E-state index contributed by atoms with van der Waals surface area (Å²) in [6.45, 7) is 3.46. The second-order valence-electron chi connectivity index (χ2n) is 6.89. The monoisotopic (exact) mass is 429 g/mol. The molecule has 0 saturated carbocycles. The van der Waals surface area contributed by atoms with Gasteiger partial charge in [-0.05, 0) is 42.0 Å². The van der Waals surface area contributed by atoms with Crippen LogP contribution in [0.4, 0.5) is 33.2 Å². The molecule has 2 aromatic heterocycles. The van der Waals surface area contributed by atoms with Crippen LogP contribution in [-0.2, 0) is 11.8 Å². The van der Waals surface area contributed by atoms with Crippen molar-refractivity contribution in [1.29, 1.82) is 0 Å². The molecule has 0 unspecified atom stereocenters. The molecular formula is C23H20FN7O. The van der Waals surface area contributed by atoms with Gasteiger partial charge in [-0.2, -0.15) is 10.1 Å². The van der Waals surface area contributed by atoms with E-state index in [4.69, 9.17) is 0 Å². The van der Waals surface area contributed by atoms with E-state index >= 15 is 0 Å². The number of halogens is 1. The summed E-state index contributed by atoms with van der Waals surface area (Å²) in [6, 6.07) is 13.3. The van der Waals surface area contributed by atoms with Crippen LogP contribution in [0, 0.1) is 5.82 Å². The van der Waals surface area contributed by atoms with Crippen molar-refractivity contribution in [3.8, 4) is 11.1 Å². The number of nitrogens with one attached hydrogen (secondary N) is 3. The van der Waals surface area contributed by atoms with Crippen LogP contribution in [-0.4, -0.2) is 25.7 Å². The molecule has 1 amide bonds. The second kappa shape index (κ2) is 9.09. The summed E-state index contributed by atoms with van der Waals surface area (Å²) in [5.41, 5.74) is 3.23. The molecule has 0 aliphatic heterocycles. The van der Waals surface area contributed by atoms with E-state index in [-0.39, 0.29) is 11.7 Å². The van der Waals surface area contributed by atoms with Crippen molar-refractivity contribution < 1.29 is 9.18 Å². The zero-order valence-corrected chi connectivity index (χ0v) is 17.2. The van der Waals surface area contributed by atoms with Gasteiger partial charge in [0.1, 0.15) is 11.6 Å². The number of carbonyl (C=O) groups excluding carboxylic acids is 1. The molecule has 0 bridgehead atoms. The number of nitrogens with zero attached hydrogens (tertiary/aromatic N) is 4. The lowest BCUT2D eigenvalue weighted by Crippen LogP contribution is -2.07. The number of anilines is 5. The molecule has 9 heteroatoms. The molecule has 0 spiro atoms. The van der Waals surface area contributed by atoms with Crippen LogP contribution in [0.2, 0.25) is 0 Å². The van der Waals surface area contributed by atoms with Crippen molar-refractivity contribution >= 4 is 34.7 Å². The van der Waals surface area contributed by atoms with E-state index < -0.39 is 0 Å². The van der Waals surface area contributed by atoms with E-state index in [1.165, 1.54) is 18.2 Å². The number of amides is 1. The molecule has 0 fully saturated rings.